The molecule has 5 nitrogen and oxygen atoms in total. The molecule has 1 aromatic carbocycles. The standard InChI is InChI=1S/C16H21N3O2/c17-14(12-5-2-1-3-6-12)8-9-15-18-16(19-21-15)13-7-4-10-20-11-13/h1-3,5-6,13-14H,4,7-11,17H2. The van der Waals surface area contributed by atoms with Gasteiger partial charge in [0.25, 0.3) is 0 Å². The lowest BCUT2D eigenvalue weighted by Gasteiger charge is -2.18. The summed E-state index contributed by atoms with van der Waals surface area (Å²) in [4.78, 5) is 4.49. The average Bonchev–Trinajstić information content (AvgIpc) is 3.03. The fraction of sp³-hybridized carbons (Fsp3) is 0.500. The molecule has 1 saturated heterocycles. The van der Waals surface area contributed by atoms with Crippen molar-refractivity contribution in [2.24, 2.45) is 5.73 Å². The third-order valence-corrected chi connectivity index (χ3v) is 3.91. The molecule has 2 atom stereocenters. The van der Waals surface area contributed by atoms with Crippen LogP contribution >= 0.6 is 0 Å². The summed E-state index contributed by atoms with van der Waals surface area (Å²) in [7, 11) is 0. The fourth-order valence-electron chi connectivity index (χ4n) is 2.63. The zero-order valence-corrected chi connectivity index (χ0v) is 12.1. The van der Waals surface area contributed by atoms with Crippen LogP contribution < -0.4 is 5.73 Å². The molecule has 0 spiro atoms. The molecule has 2 unspecified atom stereocenters. The highest BCUT2D eigenvalue weighted by molar-refractivity contribution is 5.18. The minimum absolute atomic E-state index is 0.000404. The highest BCUT2D eigenvalue weighted by atomic mass is 16.5. The molecule has 0 aliphatic carbocycles. The van der Waals surface area contributed by atoms with Crippen LogP contribution in [-0.2, 0) is 11.2 Å². The van der Waals surface area contributed by atoms with Gasteiger partial charge in [-0.05, 0) is 24.8 Å². The van der Waals surface area contributed by atoms with Gasteiger partial charge in [0.05, 0.1) is 6.61 Å². The molecule has 2 N–H and O–H groups in total. The highest BCUT2D eigenvalue weighted by Gasteiger charge is 2.21. The van der Waals surface area contributed by atoms with Gasteiger partial charge < -0.3 is 15.0 Å². The Morgan fingerprint density at radius 3 is 2.90 bits per heavy atom. The highest BCUT2D eigenvalue weighted by Crippen LogP contribution is 2.23. The van der Waals surface area contributed by atoms with Crippen LogP contribution in [0.1, 0.15) is 48.5 Å². The first-order valence-corrected chi connectivity index (χ1v) is 7.53. The molecule has 5 heteroatoms. The molecular weight excluding hydrogens is 266 g/mol. The summed E-state index contributed by atoms with van der Waals surface area (Å²) < 4.78 is 10.8. The van der Waals surface area contributed by atoms with Crippen molar-refractivity contribution in [3.05, 3.63) is 47.6 Å². The minimum atomic E-state index is -0.000404. The van der Waals surface area contributed by atoms with Gasteiger partial charge in [-0.25, -0.2) is 0 Å². The number of nitrogens with zero attached hydrogens (tertiary/aromatic N) is 2. The lowest BCUT2D eigenvalue weighted by atomic mass is 10.0. The second kappa shape index (κ2) is 6.83. The first-order chi connectivity index (χ1) is 10.3. The number of hydrogen-bond acceptors (Lipinski definition) is 5. The molecule has 0 bridgehead atoms. The van der Waals surface area contributed by atoms with Gasteiger partial charge in [0.2, 0.25) is 5.89 Å². The number of benzene rings is 1. The first-order valence-electron chi connectivity index (χ1n) is 7.53. The van der Waals surface area contributed by atoms with E-state index in [1.165, 1.54) is 0 Å². The van der Waals surface area contributed by atoms with Gasteiger partial charge in [-0.3, -0.25) is 0 Å². The smallest absolute Gasteiger partial charge is 0.226 e. The van der Waals surface area contributed by atoms with Gasteiger partial charge in [0.15, 0.2) is 5.82 Å². The van der Waals surface area contributed by atoms with Crippen molar-refractivity contribution in [1.29, 1.82) is 0 Å². The van der Waals surface area contributed by atoms with Crippen LogP contribution in [0.25, 0.3) is 0 Å². The van der Waals surface area contributed by atoms with Gasteiger partial charge in [-0.15, -0.1) is 0 Å². The second-order valence-electron chi connectivity index (χ2n) is 5.52. The Kier molecular flexibility index (Phi) is 4.62. The van der Waals surface area contributed by atoms with E-state index in [1.54, 1.807) is 0 Å². The predicted octanol–water partition coefficient (Wildman–Crippen LogP) is 2.60. The molecule has 1 aromatic heterocycles. The van der Waals surface area contributed by atoms with E-state index in [2.05, 4.69) is 10.1 Å². The Morgan fingerprint density at radius 2 is 2.14 bits per heavy atom. The zero-order valence-electron chi connectivity index (χ0n) is 12.1. The summed E-state index contributed by atoms with van der Waals surface area (Å²) in [6.45, 7) is 1.54. The van der Waals surface area contributed by atoms with Crippen molar-refractivity contribution >= 4 is 0 Å². The van der Waals surface area contributed by atoms with Crippen molar-refractivity contribution in [2.75, 3.05) is 13.2 Å². The van der Waals surface area contributed by atoms with E-state index in [0.29, 0.717) is 18.9 Å². The van der Waals surface area contributed by atoms with Crippen LogP contribution in [0.5, 0.6) is 0 Å². The molecule has 2 heterocycles. The predicted molar refractivity (Wildman–Crippen MR) is 78.8 cm³/mol. The maximum Gasteiger partial charge on any atom is 0.226 e. The maximum atomic E-state index is 6.18. The van der Waals surface area contributed by atoms with E-state index in [0.717, 1.165) is 37.3 Å². The van der Waals surface area contributed by atoms with Crippen molar-refractivity contribution in [3.63, 3.8) is 0 Å². The van der Waals surface area contributed by atoms with Crippen molar-refractivity contribution in [1.82, 2.24) is 10.1 Å². The first kappa shape index (κ1) is 14.2. The molecule has 3 rings (SSSR count). The number of aryl methyl sites for hydroxylation is 1. The van der Waals surface area contributed by atoms with Crippen LogP contribution in [0.2, 0.25) is 0 Å². The molecule has 0 amide bonds. The molecule has 1 aliphatic rings. The fourth-order valence-corrected chi connectivity index (χ4v) is 2.63. The third kappa shape index (κ3) is 3.68. The summed E-state index contributed by atoms with van der Waals surface area (Å²) in [5, 5.41) is 4.08. The number of hydrogen-bond donors (Lipinski definition) is 1. The number of ether oxygens (including phenoxy) is 1. The Labute approximate surface area is 124 Å². The summed E-state index contributed by atoms with van der Waals surface area (Å²) in [5.41, 5.74) is 7.32. The molecule has 112 valence electrons. The Bertz CT molecular complexity index is 550. The lowest BCUT2D eigenvalue weighted by molar-refractivity contribution is 0.0773. The summed E-state index contributed by atoms with van der Waals surface area (Å²) in [5.74, 6) is 1.72. The van der Waals surface area contributed by atoms with Crippen molar-refractivity contribution in [3.8, 4) is 0 Å². The zero-order chi connectivity index (χ0) is 14.5. The van der Waals surface area contributed by atoms with Crippen molar-refractivity contribution in [2.45, 2.75) is 37.6 Å². The number of nitrogens with two attached hydrogens (primary N) is 1. The van der Waals surface area contributed by atoms with Gasteiger partial charge in [-0.1, -0.05) is 35.5 Å². The normalized spacial score (nSPS) is 20.3. The van der Waals surface area contributed by atoms with Crippen molar-refractivity contribution < 1.29 is 9.26 Å². The summed E-state index contributed by atoms with van der Waals surface area (Å²) >= 11 is 0. The SMILES string of the molecule is NC(CCc1nc(C2CCCOC2)no1)c1ccccc1. The largest absolute Gasteiger partial charge is 0.381 e. The maximum absolute atomic E-state index is 6.18. The Morgan fingerprint density at radius 1 is 1.29 bits per heavy atom. The van der Waals surface area contributed by atoms with E-state index in [-0.39, 0.29) is 12.0 Å². The molecular formula is C16H21N3O2. The average molecular weight is 287 g/mol. The van der Waals surface area contributed by atoms with E-state index in [1.807, 2.05) is 30.3 Å². The molecule has 2 aromatic rings. The van der Waals surface area contributed by atoms with E-state index < -0.39 is 0 Å². The molecule has 1 fully saturated rings. The van der Waals surface area contributed by atoms with Crippen LogP contribution in [0.3, 0.4) is 0 Å². The second-order valence-corrected chi connectivity index (χ2v) is 5.52. The minimum Gasteiger partial charge on any atom is -0.381 e. The van der Waals surface area contributed by atoms with Crippen LogP contribution in [0.4, 0.5) is 0 Å². The molecule has 0 radical (unpaired) electrons. The van der Waals surface area contributed by atoms with Crippen LogP contribution in [0.15, 0.2) is 34.9 Å². The number of rotatable bonds is 5. The van der Waals surface area contributed by atoms with Crippen LogP contribution in [-0.4, -0.2) is 23.4 Å². The van der Waals surface area contributed by atoms with Gasteiger partial charge in [0.1, 0.15) is 0 Å². The molecule has 21 heavy (non-hydrogen) atoms. The van der Waals surface area contributed by atoms with E-state index in [4.69, 9.17) is 15.0 Å². The lowest BCUT2D eigenvalue weighted by Crippen LogP contribution is -2.16. The monoisotopic (exact) mass is 287 g/mol. The molecule has 1 aliphatic heterocycles. The quantitative estimate of drug-likeness (QED) is 0.915. The Balaban J connectivity index is 1.55. The van der Waals surface area contributed by atoms with Gasteiger partial charge in [0, 0.05) is 25.0 Å². The number of aromatic nitrogens is 2. The third-order valence-electron chi connectivity index (χ3n) is 3.91. The summed E-state index contributed by atoms with van der Waals surface area (Å²) in [6.07, 6.45) is 3.64. The van der Waals surface area contributed by atoms with E-state index in [9.17, 15) is 0 Å². The van der Waals surface area contributed by atoms with Gasteiger partial charge in [-0.2, -0.15) is 4.98 Å². The van der Waals surface area contributed by atoms with Gasteiger partial charge >= 0.3 is 0 Å². The molecule has 0 saturated carbocycles. The van der Waals surface area contributed by atoms with E-state index >= 15 is 0 Å². The summed E-state index contributed by atoms with van der Waals surface area (Å²) in [6, 6.07) is 10.1. The topological polar surface area (TPSA) is 74.2 Å². The van der Waals surface area contributed by atoms with Crippen LogP contribution in [0, 0.1) is 0 Å². The Hall–Kier alpha value is -1.72.